The zero-order valence-corrected chi connectivity index (χ0v) is 23.0. The van der Waals surface area contributed by atoms with Crippen molar-refractivity contribution in [3.63, 3.8) is 0 Å². The van der Waals surface area contributed by atoms with E-state index in [1.165, 1.54) is 0 Å². The fourth-order valence-electron chi connectivity index (χ4n) is 5.14. The Morgan fingerprint density at radius 1 is 0.892 bits per heavy atom. The summed E-state index contributed by atoms with van der Waals surface area (Å²) in [7, 11) is 4.04. The van der Waals surface area contributed by atoms with E-state index in [1.807, 2.05) is 62.6 Å². The third kappa shape index (κ3) is 5.12. The molecule has 0 saturated heterocycles. The molecule has 0 saturated carbocycles. The van der Waals surface area contributed by atoms with E-state index in [0.29, 0.717) is 10.0 Å². The third-order valence-electron chi connectivity index (χ3n) is 7.20. The molecule has 188 valence electrons. The molecule has 1 heterocycles. The van der Waals surface area contributed by atoms with Gasteiger partial charge in [0.2, 0.25) is 0 Å². The average molecular weight is 530 g/mol. The summed E-state index contributed by atoms with van der Waals surface area (Å²) in [5.74, 6) is -0.107. The van der Waals surface area contributed by atoms with Crippen molar-refractivity contribution < 1.29 is 4.79 Å². The summed E-state index contributed by atoms with van der Waals surface area (Å²) in [6.45, 7) is 4.29. The zero-order chi connectivity index (χ0) is 26.3. The van der Waals surface area contributed by atoms with Gasteiger partial charge >= 0.3 is 0 Å². The Morgan fingerprint density at radius 3 is 2.08 bits per heavy atom. The Kier molecular flexibility index (Phi) is 6.78. The molecular formula is C32H30Cl2N2O. The van der Waals surface area contributed by atoms with Crippen LogP contribution in [0.25, 0.3) is 11.8 Å². The molecule has 3 aromatic carbocycles. The molecule has 0 fully saturated rings. The lowest BCUT2D eigenvalue weighted by atomic mass is 9.67. The first-order valence-electron chi connectivity index (χ1n) is 12.4. The summed E-state index contributed by atoms with van der Waals surface area (Å²) >= 11 is 12.4. The van der Waals surface area contributed by atoms with Crippen LogP contribution in [0.4, 0.5) is 5.69 Å². The molecule has 0 aromatic heterocycles. The van der Waals surface area contributed by atoms with E-state index in [2.05, 4.69) is 60.5 Å². The summed E-state index contributed by atoms with van der Waals surface area (Å²) in [6.07, 6.45) is 4.93. The van der Waals surface area contributed by atoms with Crippen LogP contribution in [0.5, 0.6) is 0 Å². The number of ketones is 1. The number of carbonyl (C=O) groups is 1. The Labute approximate surface area is 229 Å². The predicted molar refractivity (Wildman–Crippen MR) is 156 cm³/mol. The molecule has 0 bridgehead atoms. The average Bonchev–Trinajstić information content (AvgIpc) is 2.86. The second-order valence-corrected chi connectivity index (χ2v) is 11.4. The fraction of sp³-hybridized carbons (Fsp3) is 0.219. The predicted octanol–water partition coefficient (Wildman–Crippen LogP) is 8.12. The van der Waals surface area contributed by atoms with Gasteiger partial charge in [0, 0.05) is 58.3 Å². The number of halogens is 2. The standard InChI is InChI=1S/C32H30Cl2N2O/c1-32(2)19-29-30(31(37)27(32)17-20-5-15-25(16-6-20)36(3)4)26(21-7-11-23(33)12-8-21)18-28(35-29)22-9-13-24(34)14-10-22/h5-18,26,35H,19H2,1-4H3/b27-17+. The number of allylic oxidation sites excluding steroid dienone is 4. The lowest BCUT2D eigenvalue weighted by Crippen LogP contribution is -2.37. The van der Waals surface area contributed by atoms with E-state index < -0.39 is 0 Å². The van der Waals surface area contributed by atoms with Gasteiger partial charge < -0.3 is 10.2 Å². The first-order chi connectivity index (χ1) is 17.6. The molecule has 5 heteroatoms. The van der Waals surface area contributed by atoms with Gasteiger partial charge in [-0.05, 0) is 77.1 Å². The SMILES string of the molecule is CN(C)c1ccc(/C=C2\C(=O)C3=C(CC2(C)C)NC(c2ccc(Cl)cc2)=CC3c2ccc(Cl)cc2)cc1. The van der Waals surface area contributed by atoms with Crippen molar-refractivity contribution in [3.8, 4) is 0 Å². The van der Waals surface area contributed by atoms with Crippen LogP contribution in [-0.2, 0) is 4.79 Å². The van der Waals surface area contributed by atoms with Crippen molar-refractivity contribution in [2.24, 2.45) is 5.41 Å². The molecule has 3 aromatic rings. The third-order valence-corrected chi connectivity index (χ3v) is 7.70. The molecule has 1 aliphatic carbocycles. The number of dihydropyridines is 1. The normalized spacial score (nSPS) is 19.8. The summed E-state index contributed by atoms with van der Waals surface area (Å²) in [4.78, 5) is 16.3. The second-order valence-electron chi connectivity index (χ2n) is 10.6. The number of anilines is 1. The maximum Gasteiger partial charge on any atom is 0.188 e. The van der Waals surface area contributed by atoms with E-state index in [4.69, 9.17) is 23.2 Å². The molecule has 37 heavy (non-hydrogen) atoms. The van der Waals surface area contributed by atoms with Crippen molar-refractivity contribution in [1.29, 1.82) is 0 Å². The highest BCUT2D eigenvalue weighted by atomic mass is 35.5. The van der Waals surface area contributed by atoms with Crippen molar-refractivity contribution in [3.05, 3.63) is 122 Å². The molecule has 0 radical (unpaired) electrons. The van der Waals surface area contributed by atoms with E-state index >= 15 is 0 Å². The number of nitrogens with zero attached hydrogens (tertiary/aromatic N) is 1. The zero-order valence-electron chi connectivity index (χ0n) is 21.5. The molecule has 2 aliphatic rings. The Hall–Kier alpha value is -3.27. The van der Waals surface area contributed by atoms with Crippen molar-refractivity contribution in [2.75, 3.05) is 19.0 Å². The van der Waals surface area contributed by atoms with Gasteiger partial charge in [0.05, 0.1) is 0 Å². The topological polar surface area (TPSA) is 32.3 Å². The highest BCUT2D eigenvalue weighted by Crippen LogP contribution is 2.48. The minimum absolute atomic E-state index is 0.0850. The lowest BCUT2D eigenvalue weighted by Gasteiger charge is -2.40. The molecule has 0 amide bonds. The van der Waals surface area contributed by atoms with Crippen LogP contribution >= 0.6 is 23.2 Å². The van der Waals surface area contributed by atoms with Crippen LogP contribution in [0.15, 0.2) is 95.7 Å². The molecule has 1 unspecified atom stereocenters. The summed E-state index contributed by atoms with van der Waals surface area (Å²) < 4.78 is 0. The van der Waals surface area contributed by atoms with Gasteiger partial charge in [-0.2, -0.15) is 0 Å². The van der Waals surface area contributed by atoms with E-state index in [9.17, 15) is 4.79 Å². The second kappa shape index (κ2) is 9.89. The Bertz CT molecular complexity index is 1430. The van der Waals surface area contributed by atoms with Crippen molar-refractivity contribution in [2.45, 2.75) is 26.2 Å². The molecule has 3 nitrogen and oxygen atoms in total. The van der Waals surface area contributed by atoms with Gasteiger partial charge in [0.25, 0.3) is 0 Å². The molecule has 1 atom stereocenters. The smallest absolute Gasteiger partial charge is 0.188 e. The van der Waals surface area contributed by atoms with Crippen LogP contribution in [0, 0.1) is 5.41 Å². The number of carbonyl (C=O) groups excluding carboxylic acids is 1. The number of hydrogen-bond acceptors (Lipinski definition) is 3. The molecule has 0 spiro atoms. The van der Waals surface area contributed by atoms with Crippen LogP contribution in [0.1, 0.15) is 42.9 Å². The minimum Gasteiger partial charge on any atom is -0.378 e. The first-order valence-corrected chi connectivity index (χ1v) is 13.2. The number of nitrogens with one attached hydrogen (secondary N) is 1. The summed E-state index contributed by atoms with van der Waals surface area (Å²) in [5.41, 5.74) is 7.46. The van der Waals surface area contributed by atoms with E-state index in [0.717, 1.165) is 51.3 Å². The maximum atomic E-state index is 14.2. The number of hydrogen-bond donors (Lipinski definition) is 1. The Morgan fingerprint density at radius 2 is 1.49 bits per heavy atom. The van der Waals surface area contributed by atoms with Gasteiger partial charge in [-0.1, -0.05) is 73.4 Å². The molecule has 5 rings (SSSR count). The van der Waals surface area contributed by atoms with Gasteiger partial charge in [-0.3, -0.25) is 4.79 Å². The molecule has 1 aliphatic heterocycles. The number of Topliss-reactive ketones (excluding diaryl/α,β-unsaturated/α-hetero) is 1. The Balaban J connectivity index is 1.60. The number of benzene rings is 3. The quantitative estimate of drug-likeness (QED) is 0.347. The van der Waals surface area contributed by atoms with E-state index in [1.54, 1.807) is 0 Å². The van der Waals surface area contributed by atoms with Gasteiger partial charge in [-0.25, -0.2) is 0 Å². The molecular weight excluding hydrogens is 499 g/mol. The van der Waals surface area contributed by atoms with Crippen LogP contribution in [0.2, 0.25) is 10.0 Å². The highest BCUT2D eigenvalue weighted by Gasteiger charge is 2.42. The lowest BCUT2D eigenvalue weighted by molar-refractivity contribution is -0.113. The van der Waals surface area contributed by atoms with Gasteiger partial charge in [0.1, 0.15) is 0 Å². The minimum atomic E-state index is -0.337. The van der Waals surface area contributed by atoms with Gasteiger partial charge in [-0.15, -0.1) is 0 Å². The van der Waals surface area contributed by atoms with Crippen LogP contribution in [0.3, 0.4) is 0 Å². The number of rotatable bonds is 4. The van der Waals surface area contributed by atoms with Crippen molar-refractivity contribution >= 4 is 46.4 Å². The first kappa shape index (κ1) is 25.4. The fourth-order valence-corrected chi connectivity index (χ4v) is 5.40. The van der Waals surface area contributed by atoms with Gasteiger partial charge in [0.15, 0.2) is 5.78 Å². The van der Waals surface area contributed by atoms with E-state index in [-0.39, 0.29) is 17.1 Å². The monoisotopic (exact) mass is 528 g/mol. The summed E-state index contributed by atoms with van der Waals surface area (Å²) in [5, 5.41) is 4.97. The maximum absolute atomic E-state index is 14.2. The van der Waals surface area contributed by atoms with Crippen LogP contribution < -0.4 is 10.2 Å². The molecule has 1 N–H and O–H groups in total. The highest BCUT2D eigenvalue weighted by molar-refractivity contribution is 6.30. The largest absolute Gasteiger partial charge is 0.378 e. The summed E-state index contributed by atoms with van der Waals surface area (Å²) in [6, 6.07) is 23.9. The van der Waals surface area contributed by atoms with Crippen LogP contribution in [-0.4, -0.2) is 19.9 Å². The van der Waals surface area contributed by atoms with Crippen molar-refractivity contribution in [1.82, 2.24) is 5.32 Å².